The summed E-state index contributed by atoms with van der Waals surface area (Å²) in [4.78, 5) is 4.88. The van der Waals surface area contributed by atoms with Crippen LogP contribution in [0, 0.1) is 0 Å². The van der Waals surface area contributed by atoms with Gasteiger partial charge in [0.2, 0.25) is 0 Å². The van der Waals surface area contributed by atoms with E-state index in [0.29, 0.717) is 0 Å². The average molecular weight is 719 g/mol. The van der Waals surface area contributed by atoms with Gasteiger partial charge in [0, 0.05) is 28.4 Å². The van der Waals surface area contributed by atoms with Crippen molar-refractivity contribution in [2.24, 2.45) is 0 Å². The van der Waals surface area contributed by atoms with Crippen LogP contribution < -0.4 is 9.80 Å². The molecule has 0 fully saturated rings. The van der Waals surface area contributed by atoms with Crippen molar-refractivity contribution in [2.75, 3.05) is 9.80 Å². The minimum absolute atomic E-state index is 0.255. The summed E-state index contributed by atoms with van der Waals surface area (Å²) in [6.07, 6.45) is 17.1. The molecule has 0 N–H and O–H groups in total. The Morgan fingerprint density at radius 1 is 0.429 bits per heavy atom. The monoisotopic (exact) mass is 718 g/mol. The minimum Gasteiger partial charge on any atom is -0.334 e. The summed E-state index contributed by atoms with van der Waals surface area (Å²) in [5, 5.41) is 7.46. The van der Waals surface area contributed by atoms with Crippen molar-refractivity contribution in [3.8, 4) is 0 Å². The molecule has 0 amide bonds. The Morgan fingerprint density at radius 3 is 1.45 bits per heavy atom. The van der Waals surface area contributed by atoms with Gasteiger partial charge in [-0.2, -0.15) is 0 Å². The van der Waals surface area contributed by atoms with E-state index in [0.717, 1.165) is 41.9 Å². The fourth-order valence-corrected chi connectivity index (χ4v) is 8.45. The van der Waals surface area contributed by atoms with Crippen molar-refractivity contribution in [3.63, 3.8) is 0 Å². The van der Waals surface area contributed by atoms with Gasteiger partial charge in [0.05, 0.1) is 6.04 Å². The topological polar surface area (TPSA) is 6.48 Å². The summed E-state index contributed by atoms with van der Waals surface area (Å²) in [5.74, 6) is 0. The van der Waals surface area contributed by atoms with Crippen LogP contribution in [0.4, 0.5) is 28.4 Å². The summed E-state index contributed by atoms with van der Waals surface area (Å²) in [6, 6.07) is 64.3. The second kappa shape index (κ2) is 14.7. The molecule has 0 saturated heterocycles. The van der Waals surface area contributed by atoms with Gasteiger partial charge in [-0.1, -0.05) is 157 Å². The molecule has 2 nitrogen and oxygen atoms in total. The molecule has 0 aliphatic heterocycles. The molecule has 8 aromatic carbocycles. The fourth-order valence-electron chi connectivity index (χ4n) is 8.45. The predicted octanol–water partition coefficient (Wildman–Crippen LogP) is 14.9. The Bertz CT molecular complexity index is 2760. The number of hydrogen-bond acceptors (Lipinski definition) is 2. The Morgan fingerprint density at radius 2 is 0.893 bits per heavy atom. The largest absolute Gasteiger partial charge is 0.334 e. The summed E-state index contributed by atoms with van der Waals surface area (Å²) >= 11 is 0. The third-order valence-corrected chi connectivity index (χ3v) is 11.4. The van der Waals surface area contributed by atoms with Gasteiger partial charge in [-0.25, -0.2) is 0 Å². The first-order valence-electron chi connectivity index (χ1n) is 19.7. The minimum atomic E-state index is 0.255. The SMILES string of the molecule is C1=CC2=C(CC1)CC(N(c1ccc(/C=C/c3ccc(N(c4ccc5ccccc5c4)c4ccc5ccccc5c4)cc3)cc1)c1ccc3ccccc3c1)C=C2. The molecular formula is C54H42N2. The highest BCUT2D eigenvalue weighted by Crippen LogP contribution is 2.39. The second-order valence-electron chi connectivity index (χ2n) is 14.9. The van der Waals surface area contributed by atoms with Gasteiger partial charge in [0.1, 0.15) is 0 Å². The molecule has 2 aliphatic carbocycles. The lowest BCUT2D eigenvalue weighted by Gasteiger charge is -2.35. The first kappa shape index (κ1) is 33.7. The van der Waals surface area contributed by atoms with Crippen LogP contribution in [0.25, 0.3) is 44.5 Å². The molecule has 0 saturated carbocycles. The van der Waals surface area contributed by atoms with E-state index >= 15 is 0 Å². The molecule has 2 heteroatoms. The van der Waals surface area contributed by atoms with Gasteiger partial charge in [-0.15, -0.1) is 0 Å². The molecule has 56 heavy (non-hydrogen) atoms. The molecule has 268 valence electrons. The maximum absolute atomic E-state index is 2.52. The van der Waals surface area contributed by atoms with Crippen molar-refractivity contribution in [2.45, 2.75) is 25.3 Å². The zero-order valence-corrected chi connectivity index (χ0v) is 31.3. The van der Waals surface area contributed by atoms with Crippen molar-refractivity contribution in [3.05, 3.63) is 223 Å². The van der Waals surface area contributed by atoms with E-state index in [2.05, 4.69) is 222 Å². The van der Waals surface area contributed by atoms with Crippen LogP contribution in [0.2, 0.25) is 0 Å². The molecular weight excluding hydrogens is 677 g/mol. The Balaban J connectivity index is 0.933. The average Bonchev–Trinajstić information content (AvgIpc) is 3.26. The molecule has 8 aromatic rings. The lowest BCUT2D eigenvalue weighted by molar-refractivity contribution is 0.716. The molecule has 0 bridgehead atoms. The predicted molar refractivity (Wildman–Crippen MR) is 241 cm³/mol. The third-order valence-electron chi connectivity index (χ3n) is 11.4. The highest BCUT2D eigenvalue weighted by molar-refractivity contribution is 5.93. The number of fused-ring (bicyclic) bond motifs is 3. The molecule has 2 aliphatic rings. The summed E-state index contributed by atoms with van der Waals surface area (Å²) in [5.41, 5.74) is 11.1. The van der Waals surface area contributed by atoms with E-state index in [1.165, 1.54) is 54.8 Å². The van der Waals surface area contributed by atoms with Crippen molar-refractivity contribution < 1.29 is 0 Å². The third kappa shape index (κ3) is 6.71. The Labute approximate surface area is 329 Å². The molecule has 0 aromatic heterocycles. The zero-order valence-electron chi connectivity index (χ0n) is 31.3. The summed E-state index contributed by atoms with van der Waals surface area (Å²) in [6.45, 7) is 0. The molecule has 1 unspecified atom stereocenters. The number of nitrogens with zero attached hydrogens (tertiary/aromatic N) is 2. The zero-order chi connectivity index (χ0) is 37.3. The standard InChI is InChI=1S/C54H42N2/c1-5-13-45-35-51(31-23-41(45)9-1)55(52-32-24-42-10-2-6-14-46(42)36-52)49-27-19-39(20-28-49)17-18-40-21-29-50(30-22-40)56(53-33-25-43-11-3-7-15-47(43)37-53)54-34-26-44-12-4-8-16-48(44)38-54/h1-7,9-15,17-37,54H,8,16,38H2/b18-17+. The van der Waals surface area contributed by atoms with E-state index in [-0.39, 0.29) is 6.04 Å². The van der Waals surface area contributed by atoms with Crippen LogP contribution in [-0.4, -0.2) is 6.04 Å². The number of anilines is 5. The lowest BCUT2D eigenvalue weighted by Crippen LogP contribution is -2.31. The smallest absolute Gasteiger partial charge is 0.0562 e. The van der Waals surface area contributed by atoms with Gasteiger partial charge >= 0.3 is 0 Å². The molecule has 0 spiro atoms. The van der Waals surface area contributed by atoms with Crippen molar-refractivity contribution >= 4 is 72.9 Å². The maximum atomic E-state index is 2.52. The molecule has 1 atom stereocenters. The van der Waals surface area contributed by atoms with Gasteiger partial charge in [0.25, 0.3) is 0 Å². The van der Waals surface area contributed by atoms with E-state index < -0.39 is 0 Å². The van der Waals surface area contributed by atoms with Gasteiger partial charge in [-0.05, 0) is 129 Å². The van der Waals surface area contributed by atoms with Gasteiger partial charge in [0.15, 0.2) is 0 Å². The fraction of sp³-hybridized carbons (Fsp3) is 0.0741. The Hall–Kier alpha value is -6.90. The van der Waals surface area contributed by atoms with Crippen LogP contribution >= 0.6 is 0 Å². The molecule has 0 radical (unpaired) electrons. The summed E-state index contributed by atoms with van der Waals surface area (Å²) < 4.78 is 0. The summed E-state index contributed by atoms with van der Waals surface area (Å²) in [7, 11) is 0. The van der Waals surface area contributed by atoms with Crippen LogP contribution in [0.3, 0.4) is 0 Å². The van der Waals surface area contributed by atoms with Crippen LogP contribution in [-0.2, 0) is 0 Å². The number of hydrogen-bond donors (Lipinski definition) is 0. The van der Waals surface area contributed by atoms with Crippen LogP contribution in [0.5, 0.6) is 0 Å². The lowest BCUT2D eigenvalue weighted by atomic mass is 9.87. The Kier molecular flexibility index (Phi) is 8.85. The van der Waals surface area contributed by atoms with E-state index in [1.54, 1.807) is 5.57 Å². The van der Waals surface area contributed by atoms with Gasteiger partial charge < -0.3 is 9.80 Å². The number of rotatable bonds is 8. The quantitative estimate of drug-likeness (QED) is 0.144. The van der Waals surface area contributed by atoms with Crippen molar-refractivity contribution in [1.29, 1.82) is 0 Å². The highest BCUT2D eigenvalue weighted by atomic mass is 15.2. The molecule has 0 heterocycles. The second-order valence-corrected chi connectivity index (χ2v) is 14.9. The van der Waals surface area contributed by atoms with Gasteiger partial charge in [-0.3, -0.25) is 0 Å². The van der Waals surface area contributed by atoms with Crippen molar-refractivity contribution in [1.82, 2.24) is 0 Å². The number of benzene rings is 8. The highest BCUT2D eigenvalue weighted by Gasteiger charge is 2.24. The van der Waals surface area contributed by atoms with Crippen LogP contribution in [0.15, 0.2) is 211 Å². The molecule has 10 rings (SSSR count). The normalized spacial score (nSPS) is 15.2. The van der Waals surface area contributed by atoms with E-state index in [1.807, 2.05) is 0 Å². The first-order chi connectivity index (χ1) is 27.7. The number of allylic oxidation sites excluding steroid dienone is 4. The maximum Gasteiger partial charge on any atom is 0.0562 e. The first-order valence-corrected chi connectivity index (χ1v) is 19.7. The van der Waals surface area contributed by atoms with E-state index in [4.69, 9.17) is 0 Å². The van der Waals surface area contributed by atoms with E-state index in [9.17, 15) is 0 Å². The van der Waals surface area contributed by atoms with Crippen LogP contribution in [0.1, 0.15) is 30.4 Å².